The van der Waals surface area contributed by atoms with Crippen molar-refractivity contribution in [1.82, 2.24) is 9.80 Å². The minimum absolute atomic E-state index is 0.000918. The molecule has 2 aliphatic carbocycles. The van der Waals surface area contributed by atoms with Gasteiger partial charge < -0.3 is 15.3 Å². The third kappa shape index (κ3) is 3.85. The number of carbonyl (C=O) groups is 1. The minimum Gasteiger partial charge on any atom is -0.508 e. The molecule has 0 radical (unpaired) electrons. The van der Waals surface area contributed by atoms with Gasteiger partial charge in [-0.2, -0.15) is 5.26 Å². The van der Waals surface area contributed by atoms with Crippen molar-refractivity contribution in [3.63, 3.8) is 0 Å². The second-order valence-electron chi connectivity index (χ2n) is 10.2. The smallest absolute Gasteiger partial charge is 0.321 e. The number of rotatable bonds is 4. The number of aromatic hydroxyl groups is 1. The van der Waals surface area contributed by atoms with E-state index >= 15 is 0 Å². The summed E-state index contributed by atoms with van der Waals surface area (Å²) in [5.74, 6) is 1.06. The van der Waals surface area contributed by atoms with E-state index in [9.17, 15) is 9.90 Å². The molecule has 5 rings (SSSR count). The van der Waals surface area contributed by atoms with Crippen molar-refractivity contribution in [2.24, 2.45) is 5.92 Å². The summed E-state index contributed by atoms with van der Waals surface area (Å²) in [5.41, 5.74) is 3.48. The third-order valence-corrected chi connectivity index (χ3v) is 8.26. The van der Waals surface area contributed by atoms with Gasteiger partial charge >= 0.3 is 6.03 Å². The first kappa shape index (κ1) is 21.8. The van der Waals surface area contributed by atoms with Crippen LogP contribution in [0.5, 0.6) is 5.75 Å². The quantitative estimate of drug-likeness (QED) is 0.729. The van der Waals surface area contributed by atoms with Crippen LogP contribution in [0.2, 0.25) is 0 Å². The summed E-state index contributed by atoms with van der Waals surface area (Å²) in [4.78, 5) is 17.9. The van der Waals surface area contributed by atoms with Gasteiger partial charge in [-0.25, -0.2) is 4.79 Å². The molecule has 1 unspecified atom stereocenters. The summed E-state index contributed by atoms with van der Waals surface area (Å²) in [7, 11) is 1.90. The van der Waals surface area contributed by atoms with E-state index in [-0.39, 0.29) is 29.3 Å². The molecule has 0 aromatic heterocycles. The summed E-state index contributed by atoms with van der Waals surface area (Å²) in [6.07, 6.45) is 5.79. The lowest BCUT2D eigenvalue weighted by molar-refractivity contribution is -0.00720. The summed E-state index contributed by atoms with van der Waals surface area (Å²) < 4.78 is 0. The normalized spacial score (nSPS) is 26.6. The third-order valence-electron chi connectivity index (χ3n) is 8.26. The Morgan fingerprint density at radius 3 is 2.70 bits per heavy atom. The topological polar surface area (TPSA) is 79.6 Å². The Morgan fingerprint density at radius 2 is 2.03 bits per heavy atom. The molecule has 1 aliphatic heterocycles. The Balaban J connectivity index is 1.45. The van der Waals surface area contributed by atoms with Crippen molar-refractivity contribution in [1.29, 1.82) is 5.26 Å². The number of carbonyl (C=O) groups excluding carboxylic acids is 1. The van der Waals surface area contributed by atoms with E-state index in [1.54, 1.807) is 30.3 Å². The van der Waals surface area contributed by atoms with Gasteiger partial charge in [0.25, 0.3) is 0 Å². The number of benzene rings is 2. The molecule has 2 aromatic rings. The minimum atomic E-state index is -0.232. The first-order valence-electron chi connectivity index (χ1n) is 12.0. The fraction of sp³-hybridized carbons (Fsp3) is 0.481. The monoisotopic (exact) mass is 444 g/mol. The first-order valence-corrected chi connectivity index (χ1v) is 12.0. The Kier molecular flexibility index (Phi) is 5.54. The molecule has 2 N–H and O–H groups in total. The maximum atomic E-state index is 13.4. The molecule has 2 aromatic carbocycles. The molecule has 2 amide bonds. The number of phenolic OH excluding ortho intramolecular Hbond substituents is 1. The summed E-state index contributed by atoms with van der Waals surface area (Å²) in [6.45, 7) is 4.39. The molecular weight excluding hydrogens is 412 g/mol. The SMILES string of the molecule is CN(C(=O)Nc1ccc(C#N)cc1)[C@H]1C2Cc3ccc(O)cc3[C@]1(C)CCN2CC1CCC1. The van der Waals surface area contributed by atoms with E-state index in [0.717, 1.165) is 31.8 Å². The van der Waals surface area contributed by atoms with Crippen LogP contribution in [0, 0.1) is 17.2 Å². The predicted octanol–water partition coefficient (Wildman–Crippen LogP) is 4.48. The maximum Gasteiger partial charge on any atom is 0.321 e. The number of fused-ring (bicyclic) bond motifs is 4. The number of likely N-dealkylation sites (tertiary alicyclic amines) is 1. The Labute approximate surface area is 195 Å². The van der Waals surface area contributed by atoms with Gasteiger partial charge in [-0.15, -0.1) is 0 Å². The van der Waals surface area contributed by atoms with E-state index in [1.807, 2.05) is 18.0 Å². The van der Waals surface area contributed by atoms with E-state index in [2.05, 4.69) is 29.3 Å². The molecule has 1 heterocycles. The number of phenols is 1. The maximum absolute atomic E-state index is 13.4. The number of likely N-dealkylation sites (N-methyl/N-ethyl adjacent to an activating group) is 1. The highest BCUT2D eigenvalue weighted by atomic mass is 16.3. The Morgan fingerprint density at radius 1 is 1.27 bits per heavy atom. The van der Waals surface area contributed by atoms with Crippen molar-refractivity contribution in [2.45, 2.75) is 56.5 Å². The number of hydrogen-bond acceptors (Lipinski definition) is 4. The molecular formula is C27H32N4O2. The zero-order valence-electron chi connectivity index (χ0n) is 19.4. The fourth-order valence-corrected chi connectivity index (χ4v) is 6.23. The molecule has 2 bridgehead atoms. The van der Waals surface area contributed by atoms with Crippen LogP contribution in [0.3, 0.4) is 0 Å². The van der Waals surface area contributed by atoms with Gasteiger partial charge in [0.15, 0.2) is 0 Å². The van der Waals surface area contributed by atoms with E-state index < -0.39 is 0 Å². The van der Waals surface area contributed by atoms with Gasteiger partial charge in [0.2, 0.25) is 0 Å². The summed E-state index contributed by atoms with van der Waals surface area (Å²) in [5, 5.41) is 22.3. The molecule has 3 aliphatic rings. The Hall–Kier alpha value is -3.04. The highest BCUT2D eigenvalue weighted by molar-refractivity contribution is 5.89. The van der Waals surface area contributed by atoms with E-state index in [0.29, 0.717) is 11.3 Å². The molecule has 3 atom stereocenters. The predicted molar refractivity (Wildman–Crippen MR) is 128 cm³/mol. The first-order chi connectivity index (χ1) is 15.9. The molecule has 6 heteroatoms. The van der Waals surface area contributed by atoms with Crippen molar-refractivity contribution < 1.29 is 9.90 Å². The van der Waals surface area contributed by atoms with Gasteiger partial charge in [0.05, 0.1) is 17.7 Å². The second kappa shape index (κ2) is 8.39. The number of nitrogens with zero attached hydrogens (tertiary/aromatic N) is 3. The fourth-order valence-electron chi connectivity index (χ4n) is 6.23. The standard InChI is InChI=1S/C27H32N4O2/c1-27-12-13-31(17-19-4-3-5-19)24(14-20-8-11-22(32)15-23(20)27)25(27)30(2)26(33)29-21-9-6-18(16-28)7-10-21/h6-11,15,19,24-25,32H,3-5,12-14,17H2,1-2H3,(H,29,33)/t24?,25-,27-/m0/s1. The lowest BCUT2D eigenvalue weighted by atomic mass is 9.61. The number of nitrogens with one attached hydrogen (secondary N) is 1. The van der Waals surface area contributed by atoms with E-state index in [4.69, 9.17) is 5.26 Å². The van der Waals surface area contributed by atoms with Gasteiger partial charge in [-0.1, -0.05) is 19.4 Å². The van der Waals surface area contributed by atoms with Crippen molar-refractivity contribution in [3.8, 4) is 11.8 Å². The molecule has 172 valence electrons. The molecule has 33 heavy (non-hydrogen) atoms. The number of amides is 2. The highest BCUT2D eigenvalue weighted by Gasteiger charge is 2.53. The molecule has 1 saturated carbocycles. The van der Waals surface area contributed by atoms with E-state index in [1.165, 1.54) is 30.4 Å². The van der Waals surface area contributed by atoms with Crippen LogP contribution >= 0.6 is 0 Å². The van der Waals surface area contributed by atoms with Crippen LogP contribution in [0.15, 0.2) is 42.5 Å². The molecule has 0 spiro atoms. The average molecular weight is 445 g/mol. The number of anilines is 1. The largest absolute Gasteiger partial charge is 0.508 e. The average Bonchev–Trinajstić information content (AvgIpc) is 2.78. The molecule has 6 nitrogen and oxygen atoms in total. The zero-order chi connectivity index (χ0) is 23.2. The molecule has 1 saturated heterocycles. The second-order valence-corrected chi connectivity index (χ2v) is 10.2. The van der Waals surface area contributed by atoms with Crippen LogP contribution in [0.4, 0.5) is 10.5 Å². The summed E-state index contributed by atoms with van der Waals surface area (Å²) >= 11 is 0. The lowest BCUT2D eigenvalue weighted by Crippen LogP contribution is -2.68. The van der Waals surface area contributed by atoms with Gasteiger partial charge in [-0.05, 0) is 85.7 Å². The number of urea groups is 1. The number of piperidine rings is 1. The van der Waals surface area contributed by atoms with Gasteiger partial charge in [-0.3, -0.25) is 4.90 Å². The zero-order valence-corrected chi connectivity index (χ0v) is 19.4. The van der Waals surface area contributed by atoms with Crippen molar-refractivity contribution in [2.75, 3.05) is 25.5 Å². The Bertz CT molecular complexity index is 1090. The van der Waals surface area contributed by atoms with Crippen LogP contribution in [0.25, 0.3) is 0 Å². The van der Waals surface area contributed by atoms with Crippen molar-refractivity contribution in [3.05, 3.63) is 59.2 Å². The number of nitriles is 1. The van der Waals surface area contributed by atoms with Gasteiger partial charge in [0, 0.05) is 30.7 Å². The van der Waals surface area contributed by atoms with Crippen molar-refractivity contribution >= 4 is 11.7 Å². The summed E-state index contributed by atoms with van der Waals surface area (Å²) in [6, 6.07) is 14.9. The van der Waals surface area contributed by atoms with Crippen LogP contribution in [-0.4, -0.2) is 53.2 Å². The molecule has 2 fully saturated rings. The van der Waals surface area contributed by atoms with Crippen LogP contribution in [0.1, 0.15) is 49.3 Å². The highest BCUT2D eigenvalue weighted by Crippen LogP contribution is 2.48. The number of hydrogen-bond donors (Lipinski definition) is 2. The lowest BCUT2D eigenvalue weighted by Gasteiger charge is -2.58. The van der Waals surface area contributed by atoms with Gasteiger partial charge in [0.1, 0.15) is 5.75 Å². The van der Waals surface area contributed by atoms with Crippen LogP contribution in [-0.2, 0) is 11.8 Å². The van der Waals surface area contributed by atoms with Crippen LogP contribution < -0.4 is 5.32 Å².